The van der Waals surface area contributed by atoms with Crippen molar-refractivity contribution in [2.75, 3.05) is 0 Å². The van der Waals surface area contributed by atoms with Gasteiger partial charge in [-0.1, -0.05) is 38.1 Å². The summed E-state index contributed by atoms with van der Waals surface area (Å²) in [6.07, 6.45) is 0. The maximum Gasteiger partial charge on any atom is 0.371 e. The van der Waals surface area contributed by atoms with Crippen molar-refractivity contribution in [3.05, 3.63) is 59.0 Å². The van der Waals surface area contributed by atoms with E-state index in [1.807, 2.05) is 24.3 Å². The normalized spacial score (nSPS) is 10.6. The number of aromatic carboxylic acids is 1. The number of amides is 1. The highest BCUT2D eigenvalue weighted by Crippen LogP contribution is 2.14. The first-order valence-electron chi connectivity index (χ1n) is 6.67. The van der Waals surface area contributed by atoms with Gasteiger partial charge in [0, 0.05) is 6.54 Å². The van der Waals surface area contributed by atoms with Gasteiger partial charge in [-0.05, 0) is 29.2 Å². The predicted octanol–water partition coefficient (Wildman–Crippen LogP) is 3.03. The van der Waals surface area contributed by atoms with Gasteiger partial charge in [0.25, 0.3) is 5.91 Å². The Morgan fingerprint density at radius 1 is 1.10 bits per heavy atom. The second-order valence-corrected chi connectivity index (χ2v) is 5.05. The van der Waals surface area contributed by atoms with Crippen LogP contribution in [-0.4, -0.2) is 17.0 Å². The molecule has 21 heavy (non-hydrogen) atoms. The average Bonchev–Trinajstić information content (AvgIpc) is 2.95. The SMILES string of the molecule is CC(C)c1ccc(CNC(=O)c2ccc(C(=O)O)o2)cc1. The van der Waals surface area contributed by atoms with Gasteiger partial charge in [0.2, 0.25) is 5.76 Å². The maximum atomic E-state index is 11.8. The highest BCUT2D eigenvalue weighted by Gasteiger charge is 2.14. The Morgan fingerprint density at radius 2 is 1.71 bits per heavy atom. The standard InChI is InChI=1S/C16H17NO4/c1-10(2)12-5-3-11(4-6-12)9-17-15(18)13-7-8-14(21-13)16(19)20/h3-8,10H,9H2,1-2H3,(H,17,18)(H,19,20). The van der Waals surface area contributed by atoms with E-state index in [1.165, 1.54) is 17.7 Å². The molecular weight excluding hydrogens is 270 g/mol. The lowest BCUT2D eigenvalue weighted by Gasteiger charge is -2.07. The van der Waals surface area contributed by atoms with Crippen LogP contribution < -0.4 is 5.32 Å². The molecule has 1 aromatic heterocycles. The molecule has 5 nitrogen and oxygen atoms in total. The van der Waals surface area contributed by atoms with Crippen molar-refractivity contribution in [2.24, 2.45) is 0 Å². The van der Waals surface area contributed by atoms with Crippen molar-refractivity contribution in [2.45, 2.75) is 26.3 Å². The minimum Gasteiger partial charge on any atom is -0.475 e. The van der Waals surface area contributed by atoms with Crippen LogP contribution in [0.1, 0.15) is 52.0 Å². The van der Waals surface area contributed by atoms with Crippen LogP contribution in [0.25, 0.3) is 0 Å². The Morgan fingerprint density at radius 3 is 2.24 bits per heavy atom. The molecule has 0 radical (unpaired) electrons. The third-order valence-electron chi connectivity index (χ3n) is 3.14. The number of carbonyl (C=O) groups is 2. The molecule has 0 atom stereocenters. The van der Waals surface area contributed by atoms with E-state index in [0.29, 0.717) is 12.5 Å². The van der Waals surface area contributed by atoms with Gasteiger partial charge in [-0.2, -0.15) is 0 Å². The number of carboxylic acids is 1. The molecule has 0 aliphatic carbocycles. The topological polar surface area (TPSA) is 79.5 Å². The summed E-state index contributed by atoms with van der Waals surface area (Å²) in [5, 5.41) is 11.4. The number of carboxylic acid groups (broad SMARTS) is 1. The molecular formula is C16H17NO4. The quantitative estimate of drug-likeness (QED) is 0.885. The van der Waals surface area contributed by atoms with Gasteiger partial charge in [0.15, 0.2) is 5.76 Å². The fourth-order valence-electron chi connectivity index (χ4n) is 1.86. The van der Waals surface area contributed by atoms with E-state index in [9.17, 15) is 9.59 Å². The molecule has 0 saturated carbocycles. The van der Waals surface area contributed by atoms with Crippen molar-refractivity contribution >= 4 is 11.9 Å². The van der Waals surface area contributed by atoms with Crippen LogP contribution in [0.4, 0.5) is 0 Å². The zero-order chi connectivity index (χ0) is 15.4. The van der Waals surface area contributed by atoms with Crippen LogP contribution in [0, 0.1) is 0 Å². The number of furan rings is 1. The Hall–Kier alpha value is -2.56. The van der Waals surface area contributed by atoms with E-state index in [1.54, 1.807) is 0 Å². The molecule has 1 aromatic carbocycles. The molecule has 2 N–H and O–H groups in total. The minimum atomic E-state index is -1.20. The summed E-state index contributed by atoms with van der Waals surface area (Å²) in [5.74, 6) is -1.42. The molecule has 2 aromatic rings. The number of nitrogens with one attached hydrogen (secondary N) is 1. The Bertz CT molecular complexity index is 641. The molecule has 0 saturated heterocycles. The maximum absolute atomic E-state index is 11.8. The highest BCUT2D eigenvalue weighted by molar-refractivity contribution is 5.93. The highest BCUT2D eigenvalue weighted by atomic mass is 16.4. The van der Waals surface area contributed by atoms with Crippen molar-refractivity contribution in [3.63, 3.8) is 0 Å². The van der Waals surface area contributed by atoms with Crippen molar-refractivity contribution in [1.82, 2.24) is 5.32 Å². The Balaban J connectivity index is 1.95. The zero-order valence-corrected chi connectivity index (χ0v) is 11.9. The summed E-state index contributed by atoms with van der Waals surface area (Å²) in [7, 11) is 0. The summed E-state index contributed by atoms with van der Waals surface area (Å²) >= 11 is 0. The predicted molar refractivity (Wildman–Crippen MR) is 77.4 cm³/mol. The summed E-state index contributed by atoms with van der Waals surface area (Å²) < 4.78 is 4.93. The van der Waals surface area contributed by atoms with Crippen molar-refractivity contribution in [1.29, 1.82) is 0 Å². The van der Waals surface area contributed by atoms with E-state index in [-0.39, 0.29) is 11.5 Å². The van der Waals surface area contributed by atoms with E-state index < -0.39 is 11.9 Å². The molecule has 0 fully saturated rings. The van der Waals surface area contributed by atoms with Crippen LogP contribution in [0.2, 0.25) is 0 Å². The largest absolute Gasteiger partial charge is 0.475 e. The third-order valence-corrected chi connectivity index (χ3v) is 3.14. The van der Waals surface area contributed by atoms with Crippen LogP contribution in [0.3, 0.4) is 0 Å². The first-order chi connectivity index (χ1) is 9.97. The third kappa shape index (κ3) is 3.72. The minimum absolute atomic E-state index is 0.00815. The molecule has 0 aliphatic heterocycles. The van der Waals surface area contributed by atoms with E-state index >= 15 is 0 Å². The van der Waals surface area contributed by atoms with E-state index in [0.717, 1.165) is 5.56 Å². The summed E-state index contributed by atoms with van der Waals surface area (Å²) in [6, 6.07) is 10.6. The van der Waals surface area contributed by atoms with E-state index in [4.69, 9.17) is 9.52 Å². The monoisotopic (exact) mass is 287 g/mol. The molecule has 0 spiro atoms. The zero-order valence-electron chi connectivity index (χ0n) is 11.9. The molecule has 1 amide bonds. The number of carbonyl (C=O) groups excluding carboxylic acids is 1. The van der Waals surface area contributed by atoms with Gasteiger partial charge in [-0.15, -0.1) is 0 Å². The lowest BCUT2D eigenvalue weighted by molar-refractivity contribution is 0.0659. The lowest BCUT2D eigenvalue weighted by Crippen LogP contribution is -2.22. The van der Waals surface area contributed by atoms with Crippen LogP contribution >= 0.6 is 0 Å². The van der Waals surface area contributed by atoms with Gasteiger partial charge in [0.1, 0.15) is 0 Å². The first kappa shape index (κ1) is 14.8. The molecule has 2 rings (SSSR count). The smallest absolute Gasteiger partial charge is 0.371 e. The van der Waals surface area contributed by atoms with Crippen molar-refractivity contribution in [3.8, 4) is 0 Å². The van der Waals surface area contributed by atoms with E-state index in [2.05, 4.69) is 19.2 Å². The Labute approximate surface area is 122 Å². The molecule has 0 aliphatic rings. The number of benzene rings is 1. The van der Waals surface area contributed by atoms with Gasteiger partial charge < -0.3 is 14.8 Å². The first-order valence-corrected chi connectivity index (χ1v) is 6.67. The molecule has 110 valence electrons. The van der Waals surface area contributed by atoms with Crippen LogP contribution in [0.15, 0.2) is 40.8 Å². The van der Waals surface area contributed by atoms with Gasteiger partial charge in [-0.25, -0.2) is 4.79 Å². The summed E-state index contributed by atoms with van der Waals surface area (Å²) in [5.41, 5.74) is 2.21. The molecule has 0 bridgehead atoms. The summed E-state index contributed by atoms with van der Waals surface area (Å²) in [4.78, 5) is 22.5. The van der Waals surface area contributed by atoms with Crippen LogP contribution in [0.5, 0.6) is 0 Å². The number of hydrogen-bond donors (Lipinski definition) is 2. The molecule has 0 unspecified atom stereocenters. The van der Waals surface area contributed by atoms with Gasteiger partial charge in [-0.3, -0.25) is 4.79 Å². The van der Waals surface area contributed by atoms with Gasteiger partial charge in [0.05, 0.1) is 0 Å². The second kappa shape index (κ2) is 6.26. The fraction of sp³-hybridized carbons (Fsp3) is 0.250. The number of hydrogen-bond acceptors (Lipinski definition) is 3. The molecule has 5 heteroatoms. The van der Waals surface area contributed by atoms with Gasteiger partial charge >= 0.3 is 5.97 Å². The average molecular weight is 287 g/mol. The van der Waals surface area contributed by atoms with Crippen LogP contribution in [-0.2, 0) is 6.54 Å². The molecule has 1 heterocycles. The second-order valence-electron chi connectivity index (χ2n) is 5.05. The van der Waals surface area contributed by atoms with Crippen molar-refractivity contribution < 1.29 is 19.1 Å². The lowest BCUT2D eigenvalue weighted by atomic mass is 10.0. The summed E-state index contributed by atoms with van der Waals surface area (Å²) in [6.45, 7) is 4.60. The number of rotatable bonds is 5. The fourth-order valence-corrected chi connectivity index (χ4v) is 1.86. The Kier molecular flexibility index (Phi) is 4.42.